The number of allylic oxidation sites excluding steroid dienone is 2. The molecule has 8 unspecified atom stereocenters. The molecular formula is C39H62N2O4. The second-order valence-corrected chi connectivity index (χ2v) is 18.4. The normalized spacial score (nSPS) is 43.9. The van der Waals surface area contributed by atoms with Crippen LogP contribution in [0.2, 0.25) is 0 Å². The van der Waals surface area contributed by atoms with Crippen LogP contribution in [-0.4, -0.2) is 55.8 Å². The van der Waals surface area contributed by atoms with Gasteiger partial charge in [-0.05, 0) is 123 Å². The highest BCUT2D eigenvalue weighted by molar-refractivity contribution is 6.04. The molecule has 0 spiro atoms. The number of nitrogens with zero attached hydrogens (tertiary/aromatic N) is 1. The zero-order valence-electron chi connectivity index (χ0n) is 29.8. The minimum atomic E-state index is -0.583. The average Bonchev–Trinajstić information content (AvgIpc) is 2.99. The fourth-order valence-corrected chi connectivity index (χ4v) is 12.7. The van der Waals surface area contributed by atoms with Gasteiger partial charge in [-0.2, -0.15) is 0 Å². The molecule has 1 heterocycles. The summed E-state index contributed by atoms with van der Waals surface area (Å²) in [6.45, 7) is 20.2. The maximum atomic E-state index is 14.1. The third-order valence-electron chi connectivity index (χ3n) is 15.5. The summed E-state index contributed by atoms with van der Waals surface area (Å²) < 4.78 is 5.54. The largest absolute Gasteiger partial charge is 0.469 e. The van der Waals surface area contributed by atoms with E-state index in [4.69, 9.17) is 4.74 Å². The minimum Gasteiger partial charge on any atom is -0.469 e. The predicted molar refractivity (Wildman–Crippen MR) is 178 cm³/mol. The van der Waals surface area contributed by atoms with Gasteiger partial charge in [-0.3, -0.25) is 14.4 Å². The van der Waals surface area contributed by atoms with Crippen LogP contribution in [0.4, 0.5) is 0 Å². The van der Waals surface area contributed by atoms with E-state index in [0.717, 1.165) is 71.0 Å². The quantitative estimate of drug-likeness (QED) is 0.197. The van der Waals surface area contributed by atoms with Crippen LogP contribution in [0.25, 0.3) is 0 Å². The van der Waals surface area contributed by atoms with Crippen LogP contribution in [0.5, 0.6) is 0 Å². The summed E-state index contributed by atoms with van der Waals surface area (Å²) in [4.78, 5) is 43.9. The number of piperidine rings is 1. The van der Waals surface area contributed by atoms with Crippen molar-refractivity contribution in [1.82, 2.24) is 10.2 Å². The molecule has 6 aliphatic rings. The van der Waals surface area contributed by atoms with Crippen LogP contribution in [-0.2, 0) is 19.1 Å². The Morgan fingerprint density at radius 2 is 1.60 bits per heavy atom. The third-order valence-corrected chi connectivity index (χ3v) is 15.5. The van der Waals surface area contributed by atoms with Crippen LogP contribution in [0.1, 0.15) is 126 Å². The van der Waals surface area contributed by atoms with Gasteiger partial charge >= 0.3 is 5.97 Å². The molecule has 1 amide bonds. The van der Waals surface area contributed by atoms with Gasteiger partial charge in [-0.25, -0.2) is 0 Å². The lowest BCUT2D eigenvalue weighted by molar-refractivity contribution is -0.196. The molecule has 1 N–H and O–H groups in total. The van der Waals surface area contributed by atoms with Crippen molar-refractivity contribution in [2.75, 3.05) is 33.3 Å². The SMILES string of the molecule is COC(=O)C12CCC(C)(C)CC1C1=CCC3C4(C)CC(C(=O)NCCN5CCCCC5)C(=O)C(C)(C)C4CCC3(C)C1(C)CC2. The molecule has 0 aromatic heterocycles. The molecule has 0 radical (unpaired) electrons. The van der Waals surface area contributed by atoms with E-state index in [1.165, 1.54) is 24.8 Å². The van der Waals surface area contributed by atoms with E-state index >= 15 is 0 Å². The second-order valence-electron chi connectivity index (χ2n) is 18.4. The highest BCUT2D eigenvalue weighted by Crippen LogP contribution is 2.75. The van der Waals surface area contributed by atoms with Crippen LogP contribution in [0.3, 0.4) is 0 Å². The van der Waals surface area contributed by atoms with Gasteiger partial charge in [0.25, 0.3) is 0 Å². The first-order valence-corrected chi connectivity index (χ1v) is 18.4. The highest BCUT2D eigenvalue weighted by atomic mass is 16.5. The van der Waals surface area contributed by atoms with Crippen molar-refractivity contribution < 1.29 is 19.1 Å². The summed E-state index contributed by atoms with van der Waals surface area (Å²) in [5.41, 5.74) is 0.684. The molecule has 8 atom stereocenters. The Morgan fingerprint density at radius 3 is 2.29 bits per heavy atom. The number of amides is 1. The summed E-state index contributed by atoms with van der Waals surface area (Å²) in [5.74, 6) is 0.371. The predicted octanol–water partition coefficient (Wildman–Crippen LogP) is 7.36. The lowest BCUT2D eigenvalue weighted by Gasteiger charge is -2.71. The number of Topliss-reactive ketones (excluding diaryl/α,β-unsaturated/α-hetero) is 1. The molecule has 6 rings (SSSR count). The summed E-state index contributed by atoms with van der Waals surface area (Å²) in [5, 5.41) is 3.22. The Balaban J connectivity index is 1.31. The first kappa shape index (κ1) is 33.2. The third kappa shape index (κ3) is 4.91. The van der Waals surface area contributed by atoms with Gasteiger partial charge in [0, 0.05) is 18.5 Å². The lowest BCUT2D eigenvalue weighted by Crippen LogP contribution is -2.66. The maximum Gasteiger partial charge on any atom is 0.312 e. The minimum absolute atomic E-state index is 0.00409. The van der Waals surface area contributed by atoms with E-state index in [0.29, 0.717) is 18.9 Å². The number of esters is 1. The van der Waals surface area contributed by atoms with Crippen molar-refractivity contribution in [3.05, 3.63) is 11.6 Å². The van der Waals surface area contributed by atoms with Crippen LogP contribution in [0, 0.1) is 56.2 Å². The van der Waals surface area contributed by atoms with E-state index in [-0.39, 0.29) is 51.2 Å². The number of ether oxygens (including phenoxy) is 1. The standard InChI is InChI=1S/C39H62N2O4/c1-34(2)16-18-39(33(44)45-8)19-17-37(6)27(28(39)25-34)12-13-30-36(5)24-26(32(43)40-20-23-41-21-10-9-11-22-41)31(42)35(3,4)29(36)14-15-38(30,37)7/h12,26,28-30H,9-11,13-25H2,1-8H3,(H,40,43). The van der Waals surface area contributed by atoms with Crippen molar-refractivity contribution in [3.8, 4) is 0 Å². The Morgan fingerprint density at radius 1 is 0.911 bits per heavy atom. The second kappa shape index (κ2) is 11.2. The Hall–Kier alpha value is -1.69. The number of rotatable bonds is 5. The fourth-order valence-electron chi connectivity index (χ4n) is 12.7. The van der Waals surface area contributed by atoms with E-state index in [2.05, 4.69) is 64.8 Å². The number of hydrogen-bond acceptors (Lipinski definition) is 5. The summed E-state index contributed by atoms with van der Waals surface area (Å²) in [6, 6.07) is 0. The molecule has 6 heteroatoms. The number of hydrogen-bond donors (Lipinski definition) is 1. The van der Waals surface area contributed by atoms with Crippen molar-refractivity contribution >= 4 is 17.7 Å². The van der Waals surface area contributed by atoms with Gasteiger partial charge in [0.2, 0.25) is 5.91 Å². The number of ketones is 1. The van der Waals surface area contributed by atoms with Gasteiger partial charge in [0.15, 0.2) is 5.78 Å². The zero-order valence-corrected chi connectivity index (χ0v) is 29.8. The van der Waals surface area contributed by atoms with Gasteiger partial charge in [-0.15, -0.1) is 0 Å². The van der Waals surface area contributed by atoms with Crippen LogP contribution >= 0.6 is 0 Å². The first-order chi connectivity index (χ1) is 21.1. The number of fused-ring (bicyclic) bond motifs is 7. The summed E-state index contributed by atoms with van der Waals surface area (Å²) in [7, 11) is 1.57. The highest BCUT2D eigenvalue weighted by Gasteiger charge is 2.70. The van der Waals surface area contributed by atoms with E-state index in [1.807, 2.05) is 0 Å². The van der Waals surface area contributed by atoms with Gasteiger partial charge < -0.3 is 15.0 Å². The van der Waals surface area contributed by atoms with E-state index in [9.17, 15) is 14.4 Å². The number of methoxy groups -OCH3 is 1. The van der Waals surface area contributed by atoms with E-state index in [1.54, 1.807) is 7.11 Å². The van der Waals surface area contributed by atoms with Gasteiger partial charge in [0.1, 0.15) is 0 Å². The average molecular weight is 623 g/mol. The molecular weight excluding hydrogens is 560 g/mol. The molecule has 0 bridgehead atoms. The van der Waals surface area contributed by atoms with E-state index < -0.39 is 16.7 Å². The molecule has 5 fully saturated rings. The Labute approximate surface area is 273 Å². The molecule has 6 nitrogen and oxygen atoms in total. The monoisotopic (exact) mass is 622 g/mol. The zero-order chi connectivity index (χ0) is 32.6. The lowest BCUT2D eigenvalue weighted by atomic mass is 9.33. The van der Waals surface area contributed by atoms with Crippen molar-refractivity contribution in [1.29, 1.82) is 0 Å². The van der Waals surface area contributed by atoms with Crippen molar-refractivity contribution in [2.24, 2.45) is 56.2 Å². The molecule has 1 saturated heterocycles. The maximum absolute atomic E-state index is 14.1. The van der Waals surface area contributed by atoms with Gasteiger partial charge in [0.05, 0.1) is 18.4 Å². The molecule has 4 saturated carbocycles. The first-order valence-electron chi connectivity index (χ1n) is 18.4. The van der Waals surface area contributed by atoms with Crippen LogP contribution in [0.15, 0.2) is 11.6 Å². The summed E-state index contributed by atoms with van der Waals surface area (Å²) in [6.07, 6.45) is 15.0. The molecule has 0 aromatic rings. The van der Waals surface area contributed by atoms with Crippen molar-refractivity contribution in [3.63, 3.8) is 0 Å². The number of carbonyl (C=O) groups excluding carboxylic acids is 3. The van der Waals surface area contributed by atoms with Gasteiger partial charge in [-0.1, -0.05) is 66.5 Å². The number of carbonyl (C=O) groups is 3. The Kier molecular flexibility index (Phi) is 8.26. The molecule has 5 aliphatic carbocycles. The fraction of sp³-hybridized carbons (Fsp3) is 0.872. The summed E-state index contributed by atoms with van der Waals surface area (Å²) >= 11 is 0. The topological polar surface area (TPSA) is 75.7 Å². The molecule has 1 aliphatic heterocycles. The smallest absolute Gasteiger partial charge is 0.312 e. The molecule has 252 valence electrons. The molecule has 0 aromatic carbocycles. The number of nitrogens with one attached hydrogen (secondary N) is 1. The molecule has 45 heavy (non-hydrogen) atoms. The van der Waals surface area contributed by atoms with Crippen molar-refractivity contribution in [2.45, 2.75) is 126 Å². The number of likely N-dealkylation sites (tertiary alicyclic amines) is 1. The van der Waals surface area contributed by atoms with Crippen LogP contribution < -0.4 is 5.32 Å². The Bertz CT molecular complexity index is 1250.